The normalized spacial score (nSPS) is 17.8. The van der Waals surface area contributed by atoms with Gasteiger partial charge in [-0.15, -0.1) is 11.3 Å². The molecule has 1 N–H and O–H groups in total. The van der Waals surface area contributed by atoms with Crippen LogP contribution in [0.1, 0.15) is 59.3 Å². The first-order valence-corrected chi connectivity index (χ1v) is 7.42. The van der Waals surface area contributed by atoms with Crippen molar-refractivity contribution in [1.29, 1.82) is 0 Å². The van der Waals surface area contributed by atoms with Crippen LogP contribution in [0.5, 0.6) is 0 Å². The number of amides is 1. The van der Waals surface area contributed by atoms with Crippen LogP contribution in [0.2, 0.25) is 0 Å². The van der Waals surface area contributed by atoms with Crippen LogP contribution in [0.4, 0.5) is 0 Å². The van der Waals surface area contributed by atoms with Gasteiger partial charge in [0.05, 0.1) is 5.56 Å². The molecule has 1 amide bonds. The van der Waals surface area contributed by atoms with Crippen molar-refractivity contribution < 1.29 is 4.79 Å². The fraction of sp³-hybridized carbons (Fsp3) is 0.643. The Balaban J connectivity index is 1.98. The van der Waals surface area contributed by atoms with E-state index in [1.807, 2.05) is 12.3 Å². The molecule has 0 bridgehead atoms. The Labute approximate surface area is 107 Å². The average Bonchev–Trinajstić information content (AvgIpc) is 2.55. The summed E-state index contributed by atoms with van der Waals surface area (Å²) in [6.45, 7) is 4.11. The molecule has 1 fully saturated rings. The van der Waals surface area contributed by atoms with Gasteiger partial charge in [0.15, 0.2) is 0 Å². The summed E-state index contributed by atoms with van der Waals surface area (Å²) >= 11 is 1.66. The van der Waals surface area contributed by atoms with E-state index < -0.39 is 0 Å². The second-order valence-corrected chi connectivity index (χ2v) is 6.08. The minimum Gasteiger partial charge on any atom is -0.349 e. The molecule has 1 saturated carbocycles. The zero-order chi connectivity index (χ0) is 12.3. The van der Waals surface area contributed by atoms with Crippen LogP contribution in [0.25, 0.3) is 0 Å². The summed E-state index contributed by atoms with van der Waals surface area (Å²) in [6, 6.07) is 0.393. The molecule has 0 spiro atoms. The highest BCUT2D eigenvalue weighted by Gasteiger charge is 2.18. The Morgan fingerprint density at radius 2 is 1.88 bits per heavy atom. The van der Waals surface area contributed by atoms with Crippen LogP contribution in [0, 0.1) is 13.8 Å². The summed E-state index contributed by atoms with van der Waals surface area (Å²) in [6.07, 6.45) is 7.45. The van der Waals surface area contributed by atoms with E-state index in [-0.39, 0.29) is 5.91 Å². The third kappa shape index (κ3) is 3.09. The summed E-state index contributed by atoms with van der Waals surface area (Å²) in [4.78, 5) is 13.4. The van der Waals surface area contributed by atoms with E-state index in [2.05, 4.69) is 12.2 Å². The van der Waals surface area contributed by atoms with Crippen LogP contribution >= 0.6 is 11.3 Å². The molecule has 2 rings (SSSR count). The van der Waals surface area contributed by atoms with Crippen LogP contribution in [0.3, 0.4) is 0 Å². The monoisotopic (exact) mass is 251 g/mol. The fourth-order valence-electron chi connectivity index (χ4n) is 2.42. The van der Waals surface area contributed by atoms with Gasteiger partial charge in [-0.25, -0.2) is 0 Å². The van der Waals surface area contributed by atoms with E-state index in [0.717, 1.165) is 24.0 Å². The third-order valence-electron chi connectivity index (χ3n) is 3.72. The van der Waals surface area contributed by atoms with E-state index in [1.54, 1.807) is 11.3 Å². The first kappa shape index (κ1) is 12.6. The maximum atomic E-state index is 12.2. The minimum atomic E-state index is 0.124. The molecule has 0 radical (unpaired) electrons. The molecule has 0 aromatic carbocycles. The minimum absolute atomic E-state index is 0.124. The molecule has 1 aromatic rings. The maximum absolute atomic E-state index is 12.2. The number of carbonyl (C=O) groups excluding carboxylic acids is 1. The standard InChI is InChI=1S/C14H21NOS/c1-10-11(2)17-9-13(10)14(16)15-12-7-5-3-4-6-8-12/h9,12H,3-8H2,1-2H3,(H,15,16). The van der Waals surface area contributed by atoms with Crippen molar-refractivity contribution in [3.05, 3.63) is 21.4 Å². The lowest BCUT2D eigenvalue weighted by molar-refractivity contribution is 0.0933. The van der Waals surface area contributed by atoms with Gasteiger partial charge in [-0.05, 0) is 32.3 Å². The van der Waals surface area contributed by atoms with Gasteiger partial charge in [-0.3, -0.25) is 4.79 Å². The number of thiophene rings is 1. The predicted octanol–water partition coefficient (Wildman–Crippen LogP) is 3.82. The third-order valence-corrected chi connectivity index (χ3v) is 4.73. The molecule has 1 aliphatic carbocycles. The predicted molar refractivity (Wildman–Crippen MR) is 72.7 cm³/mol. The number of aryl methyl sites for hydroxylation is 1. The molecule has 1 aliphatic rings. The smallest absolute Gasteiger partial charge is 0.252 e. The molecule has 2 nitrogen and oxygen atoms in total. The zero-order valence-corrected chi connectivity index (χ0v) is 11.5. The van der Waals surface area contributed by atoms with Gasteiger partial charge in [0.25, 0.3) is 5.91 Å². The Bertz CT molecular complexity index is 389. The van der Waals surface area contributed by atoms with Crippen LogP contribution in [0.15, 0.2) is 5.38 Å². The van der Waals surface area contributed by atoms with Gasteiger partial charge in [0.2, 0.25) is 0 Å². The van der Waals surface area contributed by atoms with Crippen LogP contribution in [-0.2, 0) is 0 Å². The van der Waals surface area contributed by atoms with Crippen molar-refractivity contribution in [2.75, 3.05) is 0 Å². The van der Waals surface area contributed by atoms with Crippen molar-refractivity contribution in [1.82, 2.24) is 5.32 Å². The van der Waals surface area contributed by atoms with Gasteiger partial charge in [-0.2, -0.15) is 0 Å². The molecule has 0 atom stereocenters. The SMILES string of the molecule is Cc1scc(C(=O)NC2CCCCCC2)c1C. The highest BCUT2D eigenvalue weighted by atomic mass is 32.1. The Hall–Kier alpha value is -0.830. The first-order valence-electron chi connectivity index (χ1n) is 6.54. The second-order valence-electron chi connectivity index (χ2n) is 4.99. The van der Waals surface area contributed by atoms with Gasteiger partial charge in [0, 0.05) is 16.3 Å². The lowest BCUT2D eigenvalue weighted by Gasteiger charge is -2.16. The van der Waals surface area contributed by atoms with Crippen LogP contribution < -0.4 is 5.32 Å². The molecular formula is C14H21NOS. The molecule has 0 unspecified atom stereocenters. The van der Waals surface area contributed by atoms with Gasteiger partial charge in [0.1, 0.15) is 0 Å². The molecule has 17 heavy (non-hydrogen) atoms. The van der Waals surface area contributed by atoms with Crippen molar-refractivity contribution in [2.24, 2.45) is 0 Å². The van der Waals surface area contributed by atoms with Gasteiger partial charge >= 0.3 is 0 Å². The molecule has 1 heterocycles. The number of nitrogens with one attached hydrogen (secondary N) is 1. The highest BCUT2D eigenvalue weighted by Crippen LogP contribution is 2.22. The van der Waals surface area contributed by atoms with E-state index in [0.29, 0.717) is 6.04 Å². The van der Waals surface area contributed by atoms with E-state index in [4.69, 9.17) is 0 Å². The van der Waals surface area contributed by atoms with E-state index in [9.17, 15) is 4.79 Å². The average molecular weight is 251 g/mol. The number of rotatable bonds is 2. The summed E-state index contributed by atoms with van der Waals surface area (Å²) < 4.78 is 0. The quantitative estimate of drug-likeness (QED) is 0.795. The van der Waals surface area contributed by atoms with Crippen molar-refractivity contribution in [2.45, 2.75) is 58.4 Å². The van der Waals surface area contributed by atoms with E-state index >= 15 is 0 Å². The topological polar surface area (TPSA) is 29.1 Å². The summed E-state index contributed by atoms with van der Waals surface area (Å²) in [5.41, 5.74) is 2.01. The van der Waals surface area contributed by atoms with Crippen LogP contribution in [-0.4, -0.2) is 11.9 Å². The fourth-order valence-corrected chi connectivity index (χ4v) is 3.29. The molecule has 0 saturated heterocycles. The lowest BCUT2D eigenvalue weighted by Crippen LogP contribution is -2.34. The largest absolute Gasteiger partial charge is 0.349 e. The van der Waals surface area contributed by atoms with Gasteiger partial charge in [-0.1, -0.05) is 25.7 Å². The van der Waals surface area contributed by atoms with E-state index in [1.165, 1.54) is 30.6 Å². The first-order chi connectivity index (χ1) is 8.18. The lowest BCUT2D eigenvalue weighted by atomic mass is 10.1. The zero-order valence-electron chi connectivity index (χ0n) is 10.7. The number of hydrogen-bond acceptors (Lipinski definition) is 2. The molecule has 1 aromatic heterocycles. The molecule has 94 valence electrons. The van der Waals surface area contributed by atoms with Crippen molar-refractivity contribution in [3.8, 4) is 0 Å². The van der Waals surface area contributed by atoms with Gasteiger partial charge < -0.3 is 5.32 Å². The Morgan fingerprint density at radius 3 is 2.41 bits per heavy atom. The summed E-state index contributed by atoms with van der Waals surface area (Å²) in [5.74, 6) is 0.124. The Kier molecular flexibility index (Phi) is 4.21. The summed E-state index contributed by atoms with van der Waals surface area (Å²) in [7, 11) is 0. The molecule has 0 aliphatic heterocycles. The molecular weight excluding hydrogens is 230 g/mol. The highest BCUT2D eigenvalue weighted by molar-refractivity contribution is 7.10. The van der Waals surface area contributed by atoms with Crippen molar-refractivity contribution in [3.63, 3.8) is 0 Å². The maximum Gasteiger partial charge on any atom is 0.252 e. The number of hydrogen-bond donors (Lipinski definition) is 1. The Morgan fingerprint density at radius 1 is 1.24 bits per heavy atom. The van der Waals surface area contributed by atoms with Crippen molar-refractivity contribution >= 4 is 17.2 Å². The molecule has 3 heteroatoms. The number of carbonyl (C=O) groups is 1. The summed E-state index contributed by atoms with van der Waals surface area (Å²) in [5, 5.41) is 5.18. The second kappa shape index (κ2) is 5.67.